The maximum Gasteiger partial charge on any atom is 0.269 e. The van der Waals surface area contributed by atoms with E-state index in [1.807, 2.05) is 32.8 Å². The Labute approximate surface area is 179 Å². The summed E-state index contributed by atoms with van der Waals surface area (Å²) in [6, 6.07) is 9.84. The van der Waals surface area contributed by atoms with Crippen molar-refractivity contribution in [2.24, 2.45) is 0 Å². The molecule has 7 nitrogen and oxygen atoms in total. The van der Waals surface area contributed by atoms with Gasteiger partial charge in [0.15, 0.2) is 5.13 Å². The van der Waals surface area contributed by atoms with E-state index in [1.54, 1.807) is 4.90 Å². The Balaban J connectivity index is 0.00000300. The lowest BCUT2D eigenvalue weighted by molar-refractivity contribution is -0.384. The van der Waals surface area contributed by atoms with Crippen LogP contribution in [0.25, 0.3) is 10.2 Å². The minimum absolute atomic E-state index is 0. The molecule has 2 aromatic carbocycles. The third kappa shape index (κ3) is 5.09. The molecule has 1 aromatic heterocycles. The van der Waals surface area contributed by atoms with E-state index in [2.05, 4.69) is 12.1 Å². The molecule has 1 amide bonds. The number of likely N-dealkylation sites (N-methyl/N-ethyl adjacent to an activating group) is 1. The van der Waals surface area contributed by atoms with Crippen molar-refractivity contribution in [1.29, 1.82) is 0 Å². The van der Waals surface area contributed by atoms with Crippen molar-refractivity contribution in [3.8, 4) is 0 Å². The number of non-ortho nitro benzene ring substituents is 1. The molecule has 3 aromatic rings. The number of nitro groups is 1. The number of aromatic nitrogens is 1. The Morgan fingerprint density at radius 2 is 1.79 bits per heavy atom. The summed E-state index contributed by atoms with van der Waals surface area (Å²) < 4.78 is 1.04. The number of thiazole rings is 1. The molecule has 0 unspecified atom stereocenters. The minimum atomic E-state index is -0.475. The maximum absolute atomic E-state index is 13.2. The van der Waals surface area contributed by atoms with Crippen LogP contribution in [0.5, 0.6) is 0 Å². The molecule has 0 aliphatic carbocycles. The van der Waals surface area contributed by atoms with Gasteiger partial charge >= 0.3 is 0 Å². The number of amides is 1. The van der Waals surface area contributed by atoms with Gasteiger partial charge in [0.1, 0.15) is 0 Å². The summed E-state index contributed by atoms with van der Waals surface area (Å²) in [6.07, 6.45) is 0. The fourth-order valence-corrected chi connectivity index (χ4v) is 4.11. The van der Waals surface area contributed by atoms with Crippen molar-refractivity contribution < 1.29 is 9.72 Å². The van der Waals surface area contributed by atoms with Crippen molar-refractivity contribution >= 4 is 50.7 Å². The summed E-state index contributed by atoms with van der Waals surface area (Å²) in [6.45, 7) is 5.20. The van der Waals surface area contributed by atoms with Gasteiger partial charge in [-0.15, -0.1) is 12.4 Å². The number of carbonyl (C=O) groups is 1. The highest BCUT2D eigenvalue weighted by Gasteiger charge is 2.22. The molecule has 0 saturated heterocycles. The van der Waals surface area contributed by atoms with E-state index in [9.17, 15) is 14.9 Å². The zero-order valence-electron chi connectivity index (χ0n) is 16.7. The molecule has 0 bridgehead atoms. The Bertz CT molecular complexity index is 1030. The third-order valence-electron chi connectivity index (χ3n) is 4.39. The Morgan fingerprint density at radius 1 is 1.14 bits per heavy atom. The maximum atomic E-state index is 13.2. The van der Waals surface area contributed by atoms with Crippen LogP contribution >= 0.6 is 23.7 Å². The highest BCUT2D eigenvalue weighted by Crippen LogP contribution is 2.32. The summed E-state index contributed by atoms with van der Waals surface area (Å²) in [5.41, 5.74) is 3.49. The summed E-state index contributed by atoms with van der Waals surface area (Å²) in [5.74, 6) is -0.217. The highest BCUT2D eigenvalue weighted by atomic mass is 35.5. The van der Waals surface area contributed by atoms with Gasteiger partial charge in [0.05, 0.1) is 15.1 Å². The second-order valence-corrected chi connectivity index (χ2v) is 8.00. The van der Waals surface area contributed by atoms with Crippen LogP contribution in [-0.4, -0.2) is 47.9 Å². The van der Waals surface area contributed by atoms with Crippen molar-refractivity contribution in [3.63, 3.8) is 0 Å². The number of hydrogen-bond acceptors (Lipinski definition) is 6. The lowest BCUT2D eigenvalue weighted by atomic mass is 10.1. The van der Waals surface area contributed by atoms with E-state index in [0.29, 0.717) is 23.8 Å². The summed E-state index contributed by atoms with van der Waals surface area (Å²) >= 11 is 1.48. The van der Waals surface area contributed by atoms with E-state index in [-0.39, 0.29) is 24.0 Å². The van der Waals surface area contributed by atoms with Crippen LogP contribution in [0, 0.1) is 24.0 Å². The number of carbonyl (C=O) groups excluding carboxylic acids is 1. The van der Waals surface area contributed by atoms with Gasteiger partial charge in [-0.3, -0.25) is 19.8 Å². The fraction of sp³-hybridized carbons (Fsp3) is 0.300. The van der Waals surface area contributed by atoms with Crippen molar-refractivity contribution in [2.45, 2.75) is 13.8 Å². The van der Waals surface area contributed by atoms with E-state index in [4.69, 9.17) is 4.98 Å². The molecule has 1 heterocycles. The molecule has 9 heteroatoms. The number of fused-ring (bicyclic) bond motifs is 1. The number of rotatable bonds is 6. The number of halogens is 1. The van der Waals surface area contributed by atoms with Gasteiger partial charge < -0.3 is 4.90 Å². The number of nitrogens with zero attached hydrogens (tertiary/aromatic N) is 4. The molecule has 0 spiro atoms. The van der Waals surface area contributed by atoms with Crippen molar-refractivity contribution in [1.82, 2.24) is 9.88 Å². The van der Waals surface area contributed by atoms with Crippen LogP contribution in [0.1, 0.15) is 21.5 Å². The van der Waals surface area contributed by atoms with Crippen molar-refractivity contribution in [2.75, 3.05) is 32.1 Å². The standard InChI is InChI=1S/C20H22N4O3S.ClH/c1-13-11-14(2)18-17(12-13)28-20(21-18)23(10-9-22(3)4)19(25)15-5-7-16(8-6-15)24(26)27;/h5-8,11-12H,9-10H2,1-4H3;1H. The molecule has 0 saturated carbocycles. The predicted molar refractivity (Wildman–Crippen MR) is 120 cm³/mol. The van der Waals surface area contributed by atoms with E-state index in [0.717, 1.165) is 21.3 Å². The SMILES string of the molecule is Cc1cc(C)c2nc(N(CCN(C)C)C(=O)c3ccc([N+](=O)[O-])cc3)sc2c1.Cl. The summed E-state index contributed by atoms with van der Waals surface area (Å²) in [7, 11) is 3.89. The zero-order valence-corrected chi connectivity index (χ0v) is 18.3. The van der Waals surface area contributed by atoms with Crippen molar-refractivity contribution in [3.05, 3.63) is 63.2 Å². The Kier molecular flexibility index (Phi) is 7.29. The molecule has 0 fully saturated rings. The van der Waals surface area contributed by atoms with Crippen LogP contribution in [0.15, 0.2) is 36.4 Å². The third-order valence-corrected chi connectivity index (χ3v) is 5.42. The highest BCUT2D eigenvalue weighted by molar-refractivity contribution is 7.22. The number of nitro benzene ring substituents is 1. The molecule has 29 heavy (non-hydrogen) atoms. The van der Waals surface area contributed by atoms with Gasteiger partial charge in [0, 0.05) is 30.8 Å². The molecule has 0 radical (unpaired) electrons. The first-order chi connectivity index (χ1) is 13.3. The van der Waals surface area contributed by atoms with Gasteiger partial charge in [-0.1, -0.05) is 17.4 Å². The molecular formula is C20H23ClN4O3S. The average molecular weight is 435 g/mol. The fourth-order valence-electron chi connectivity index (χ4n) is 2.94. The number of anilines is 1. The molecule has 0 aliphatic heterocycles. The predicted octanol–water partition coefficient (Wildman–Crippen LogP) is 4.45. The molecular weight excluding hydrogens is 412 g/mol. The van der Waals surface area contributed by atoms with Crippen LogP contribution in [0.2, 0.25) is 0 Å². The van der Waals surface area contributed by atoms with Crippen LogP contribution < -0.4 is 4.90 Å². The second kappa shape index (κ2) is 9.30. The molecule has 0 atom stereocenters. The smallest absolute Gasteiger partial charge is 0.269 e. The Hall–Kier alpha value is -2.55. The van der Waals surface area contributed by atoms with Crippen LogP contribution in [-0.2, 0) is 0 Å². The zero-order chi connectivity index (χ0) is 20.4. The van der Waals surface area contributed by atoms with Gasteiger partial charge in [0.25, 0.3) is 11.6 Å². The van der Waals surface area contributed by atoms with E-state index >= 15 is 0 Å². The number of benzene rings is 2. The van der Waals surface area contributed by atoms with Gasteiger partial charge in [-0.2, -0.15) is 0 Å². The lowest BCUT2D eigenvalue weighted by Gasteiger charge is -2.22. The van der Waals surface area contributed by atoms with Crippen LogP contribution in [0.4, 0.5) is 10.8 Å². The largest absolute Gasteiger partial charge is 0.308 e. The number of hydrogen-bond donors (Lipinski definition) is 0. The average Bonchev–Trinajstić information content (AvgIpc) is 3.05. The van der Waals surface area contributed by atoms with Gasteiger partial charge in [-0.25, -0.2) is 4.98 Å². The lowest BCUT2D eigenvalue weighted by Crippen LogP contribution is -2.36. The molecule has 0 aliphatic rings. The first kappa shape index (κ1) is 22.7. The first-order valence-corrected chi connectivity index (χ1v) is 9.67. The quantitative estimate of drug-likeness (QED) is 0.423. The minimum Gasteiger partial charge on any atom is -0.308 e. The van der Waals surface area contributed by atoms with E-state index in [1.165, 1.54) is 35.6 Å². The topological polar surface area (TPSA) is 79.6 Å². The second-order valence-electron chi connectivity index (χ2n) is 6.99. The molecule has 154 valence electrons. The Morgan fingerprint density at radius 3 is 2.38 bits per heavy atom. The van der Waals surface area contributed by atoms with Gasteiger partial charge in [0.2, 0.25) is 0 Å². The monoisotopic (exact) mass is 434 g/mol. The summed E-state index contributed by atoms with van der Waals surface area (Å²) in [5, 5.41) is 11.5. The molecule has 0 N–H and O–H groups in total. The number of aryl methyl sites for hydroxylation is 2. The van der Waals surface area contributed by atoms with E-state index < -0.39 is 4.92 Å². The normalized spacial score (nSPS) is 10.8. The first-order valence-electron chi connectivity index (χ1n) is 8.85. The van der Waals surface area contributed by atoms with Gasteiger partial charge in [-0.05, 0) is 57.3 Å². The summed E-state index contributed by atoms with van der Waals surface area (Å²) in [4.78, 5) is 31.9. The molecule has 3 rings (SSSR count). The van der Waals surface area contributed by atoms with Crippen LogP contribution in [0.3, 0.4) is 0 Å².